The summed E-state index contributed by atoms with van der Waals surface area (Å²) in [4.78, 5) is 37.2. The number of carbonyl (C=O) groups is 2. The fourth-order valence-corrected chi connectivity index (χ4v) is 5.02. The van der Waals surface area contributed by atoms with Crippen molar-refractivity contribution >= 4 is 33.9 Å². The van der Waals surface area contributed by atoms with Crippen LogP contribution in [0.15, 0.2) is 24.3 Å². The van der Waals surface area contributed by atoms with Crippen molar-refractivity contribution in [2.45, 2.75) is 46.0 Å². The van der Waals surface area contributed by atoms with E-state index in [1.54, 1.807) is 19.1 Å². The molecule has 1 aromatic heterocycles. The molecule has 0 saturated heterocycles. The van der Waals surface area contributed by atoms with Crippen molar-refractivity contribution < 1.29 is 19.2 Å². The van der Waals surface area contributed by atoms with Crippen molar-refractivity contribution in [1.82, 2.24) is 0 Å². The molecule has 1 aromatic carbocycles. The molecule has 1 N–H and O–H groups in total. The van der Waals surface area contributed by atoms with Gasteiger partial charge in [-0.1, -0.05) is 26.0 Å². The number of rotatable bonds is 7. The predicted molar refractivity (Wildman–Crippen MR) is 112 cm³/mol. The van der Waals surface area contributed by atoms with Gasteiger partial charge in [0.1, 0.15) is 5.00 Å². The summed E-state index contributed by atoms with van der Waals surface area (Å²) in [6.07, 6.45) is 2.71. The lowest BCUT2D eigenvalue weighted by atomic mass is 9.87. The van der Waals surface area contributed by atoms with Gasteiger partial charge in [-0.25, -0.2) is 4.79 Å². The number of aryl methyl sites for hydroxylation is 1. The van der Waals surface area contributed by atoms with Gasteiger partial charge >= 0.3 is 5.97 Å². The van der Waals surface area contributed by atoms with E-state index in [1.807, 2.05) is 13.8 Å². The standard InChI is InChI=1S/C21H24N2O5S/c1-4-28-21(25)18-15-6-5-7-16(15)29-20(18)22-19(24)17(12(2)3)13-8-10-14(11-9-13)23(26)27/h8-12,17H,4-7H2,1-3H3,(H,22,24). The van der Waals surface area contributed by atoms with Gasteiger partial charge in [0.05, 0.1) is 23.0 Å². The van der Waals surface area contributed by atoms with Crippen molar-refractivity contribution in [1.29, 1.82) is 0 Å². The van der Waals surface area contributed by atoms with Crippen molar-refractivity contribution in [3.05, 3.63) is 55.9 Å². The number of hydrogen-bond donors (Lipinski definition) is 1. The van der Waals surface area contributed by atoms with Crippen LogP contribution < -0.4 is 5.32 Å². The molecule has 154 valence electrons. The summed E-state index contributed by atoms with van der Waals surface area (Å²) in [6.45, 7) is 5.87. The topological polar surface area (TPSA) is 98.5 Å². The van der Waals surface area contributed by atoms with Crippen LogP contribution in [-0.4, -0.2) is 23.4 Å². The number of anilines is 1. The van der Waals surface area contributed by atoms with E-state index in [2.05, 4.69) is 5.32 Å². The molecule has 1 amide bonds. The maximum atomic E-state index is 13.1. The summed E-state index contributed by atoms with van der Waals surface area (Å²) < 4.78 is 5.21. The van der Waals surface area contributed by atoms with Crippen LogP contribution in [-0.2, 0) is 22.4 Å². The third-order valence-electron chi connectivity index (χ3n) is 5.05. The lowest BCUT2D eigenvalue weighted by Gasteiger charge is -2.20. The second kappa shape index (κ2) is 8.73. The van der Waals surface area contributed by atoms with E-state index in [-0.39, 0.29) is 24.1 Å². The number of carbonyl (C=O) groups excluding carboxylic acids is 2. The molecule has 0 radical (unpaired) electrons. The van der Waals surface area contributed by atoms with E-state index in [0.717, 1.165) is 29.7 Å². The van der Waals surface area contributed by atoms with Gasteiger partial charge in [0.25, 0.3) is 5.69 Å². The van der Waals surface area contributed by atoms with Gasteiger partial charge < -0.3 is 10.1 Å². The number of esters is 1. The first kappa shape index (κ1) is 21.0. The zero-order valence-corrected chi connectivity index (χ0v) is 17.5. The molecular weight excluding hydrogens is 392 g/mol. The minimum atomic E-state index is -0.497. The average Bonchev–Trinajstić information content (AvgIpc) is 3.22. The highest BCUT2D eigenvalue weighted by atomic mass is 32.1. The summed E-state index contributed by atoms with van der Waals surface area (Å²) in [5.41, 5.74) is 2.14. The third kappa shape index (κ3) is 4.32. The molecule has 1 aliphatic carbocycles. The molecule has 0 aliphatic heterocycles. The number of amides is 1. The molecule has 8 heteroatoms. The summed E-state index contributed by atoms with van der Waals surface area (Å²) >= 11 is 1.44. The molecule has 0 bridgehead atoms. The number of nitrogens with zero attached hydrogens (tertiary/aromatic N) is 1. The first-order valence-corrected chi connectivity index (χ1v) is 10.5. The largest absolute Gasteiger partial charge is 0.462 e. The summed E-state index contributed by atoms with van der Waals surface area (Å²) in [5, 5.41) is 14.4. The Balaban J connectivity index is 1.89. The van der Waals surface area contributed by atoms with Crippen molar-refractivity contribution in [3.63, 3.8) is 0 Å². The molecule has 1 unspecified atom stereocenters. The zero-order valence-electron chi connectivity index (χ0n) is 16.7. The third-order valence-corrected chi connectivity index (χ3v) is 6.26. The lowest BCUT2D eigenvalue weighted by molar-refractivity contribution is -0.384. The van der Waals surface area contributed by atoms with Gasteiger partial charge in [-0.05, 0) is 43.2 Å². The second-order valence-corrected chi connectivity index (χ2v) is 8.45. The first-order chi connectivity index (χ1) is 13.8. The normalized spacial score (nSPS) is 13.8. The Morgan fingerprint density at radius 1 is 1.24 bits per heavy atom. The van der Waals surface area contributed by atoms with Crippen LogP contribution in [0.1, 0.15) is 59.5 Å². The maximum absolute atomic E-state index is 13.1. The van der Waals surface area contributed by atoms with Crippen LogP contribution >= 0.6 is 11.3 Å². The Hall–Kier alpha value is -2.74. The van der Waals surface area contributed by atoms with E-state index >= 15 is 0 Å². The predicted octanol–water partition coefficient (Wildman–Crippen LogP) is 4.70. The van der Waals surface area contributed by atoms with Crippen LogP contribution in [0.2, 0.25) is 0 Å². The smallest absolute Gasteiger partial charge is 0.341 e. The molecule has 1 heterocycles. The number of ether oxygens (including phenoxy) is 1. The Labute approximate surface area is 173 Å². The van der Waals surface area contributed by atoms with Gasteiger partial charge in [-0.2, -0.15) is 0 Å². The van der Waals surface area contributed by atoms with E-state index in [4.69, 9.17) is 4.74 Å². The van der Waals surface area contributed by atoms with Crippen LogP contribution in [0.5, 0.6) is 0 Å². The van der Waals surface area contributed by atoms with E-state index in [1.165, 1.54) is 23.5 Å². The highest BCUT2D eigenvalue weighted by molar-refractivity contribution is 7.17. The van der Waals surface area contributed by atoms with E-state index in [9.17, 15) is 19.7 Å². The second-order valence-electron chi connectivity index (χ2n) is 7.34. The zero-order chi connectivity index (χ0) is 21.1. The van der Waals surface area contributed by atoms with Gasteiger partial charge in [-0.15, -0.1) is 11.3 Å². The molecule has 0 spiro atoms. The van der Waals surface area contributed by atoms with Gasteiger partial charge in [-0.3, -0.25) is 14.9 Å². The fraction of sp³-hybridized carbons (Fsp3) is 0.429. The van der Waals surface area contributed by atoms with Crippen molar-refractivity contribution in [3.8, 4) is 0 Å². The number of hydrogen-bond acceptors (Lipinski definition) is 6. The van der Waals surface area contributed by atoms with Gasteiger partial charge in [0.15, 0.2) is 0 Å². The monoisotopic (exact) mass is 416 g/mol. The molecule has 3 rings (SSSR count). The average molecular weight is 416 g/mol. The Morgan fingerprint density at radius 2 is 1.93 bits per heavy atom. The molecule has 0 fully saturated rings. The van der Waals surface area contributed by atoms with Gasteiger partial charge in [0, 0.05) is 17.0 Å². The van der Waals surface area contributed by atoms with Crippen molar-refractivity contribution in [2.24, 2.45) is 5.92 Å². The minimum Gasteiger partial charge on any atom is -0.462 e. The quantitative estimate of drug-likeness (QED) is 0.401. The van der Waals surface area contributed by atoms with Crippen LogP contribution in [0.4, 0.5) is 10.7 Å². The number of nitro groups is 1. The molecule has 29 heavy (non-hydrogen) atoms. The summed E-state index contributed by atoms with van der Waals surface area (Å²) in [7, 11) is 0. The highest BCUT2D eigenvalue weighted by Crippen LogP contribution is 2.40. The number of thiophene rings is 1. The molecule has 7 nitrogen and oxygen atoms in total. The SMILES string of the molecule is CCOC(=O)c1c(NC(=O)C(c2ccc([N+](=O)[O-])cc2)C(C)C)sc2c1CCC2. The minimum absolute atomic E-state index is 0.0176. The molecule has 0 saturated carbocycles. The van der Waals surface area contributed by atoms with Crippen molar-refractivity contribution in [2.75, 3.05) is 11.9 Å². The Bertz CT molecular complexity index is 933. The number of fused-ring (bicyclic) bond motifs is 1. The van der Waals surface area contributed by atoms with Crippen LogP contribution in [0.25, 0.3) is 0 Å². The maximum Gasteiger partial charge on any atom is 0.341 e. The highest BCUT2D eigenvalue weighted by Gasteiger charge is 2.31. The molecule has 1 atom stereocenters. The molecule has 1 aliphatic rings. The van der Waals surface area contributed by atoms with E-state index in [0.29, 0.717) is 16.1 Å². The Kier molecular flexibility index (Phi) is 6.32. The van der Waals surface area contributed by atoms with Crippen LogP contribution in [0, 0.1) is 16.0 Å². The fourth-order valence-electron chi connectivity index (χ4n) is 3.74. The number of non-ortho nitro benzene ring substituents is 1. The van der Waals surface area contributed by atoms with Gasteiger partial charge in [0.2, 0.25) is 5.91 Å². The number of benzene rings is 1. The van der Waals surface area contributed by atoms with Crippen LogP contribution in [0.3, 0.4) is 0 Å². The number of nitrogens with one attached hydrogen (secondary N) is 1. The number of nitro benzene ring substituents is 1. The molecule has 2 aromatic rings. The molecular formula is C21H24N2O5S. The lowest BCUT2D eigenvalue weighted by Crippen LogP contribution is -2.25. The Morgan fingerprint density at radius 3 is 2.52 bits per heavy atom. The first-order valence-electron chi connectivity index (χ1n) is 9.70. The van der Waals surface area contributed by atoms with E-state index < -0.39 is 16.8 Å². The summed E-state index contributed by atoms with van der Waals surface area (Å²) in [5.74, 6) is -1.17. The summed E-state index contributed by atoms with van der Waals surface area (Å²) in [6, 6.07) is 6.04.